The van der Waals surface area contributed by atoms with Crippen LogP contribution in [0.3, 0.4) is 0 Å². The Kier molecular flexibility index (Phi) is 8.59. The number of Topliss-reactive ketones (excluding diaryl/α,β-unsaturated/α-hetero) is 1. The Balaban J connectivity index is 1.40. The molecule has 1 saturated heterocycles. The zero-order valence-electron chi connectivity index (χ0n) is 26.1. The first-order valence-electron chi connectivity index (χ1n) is 14.7. The van der Waals surface area contributed by atoms with Gasteiger partial charge in [-0.1, -0.05) is 111 Å². The Labute approximate surface area is 275 Å². The molecule has 4 aromatic carbocycles. The molecule has 1 amide bonds. The van der Waals surface area contributed by atoms with Crippen LogP contribution in [0.15, 0.2) is 94.8 Å². The van der Waals surface area contributed by atoms with Crippen molar-refractivity contribution in [3.8, 4) is 11.5 Å². The molecule has 1 fully saturated rings. The van der Waals surface area contributed by atoms with Crippen molar-refractivity contribution in [1.82, 2.24) is 10.2 Å². The summed E-state index contributed by atoms with van der Waals surface area (Å²) in [6.07, 6.45) is 0. The molecule has 1 N–H and O–H groups in total. The van der Waals surface area contributed by atoms with Gasteiger partial charge < -0.3 is 14.6 Å². The summed E-state index contributed by atoms with van der Waals surface area (Å²) in [5, 5.41) is 23.0. The van der Waals surface area contributed by atoms with E-state index in [1.165, 1.54) is 47.6 Å². The molecule has 0 spiro atoms. The van der Waals surface area contributed by atoms with Gasteiger partial charge in [0.1, 0.15) is 5.76 Å². The maximum atomic E-state index is 13.7. The van der Waals surface area contributed by atoms with Crippen LogP contribution in [-0.4, -0.2) is 41.2 Å². The number of ether oxygens (including phenoxy) is 2. The highest BCUT2D eigenvalue weighted by Gasteiger charge is 2.48. The van der Waals surface area contributed by atoms with E-state index in [0.29, 0.717) is 32.7 Å². The second-order valence-corrected chi connectivity index (χ2v) is 14.1. The van der Waals surface area contributed by atoms with Crippen molar-refractivity contribution < 1.29 is 24.2 Å². The lowest BCUT2D eigenvalue weighted by atomic mass is 9.85. The van der Waals surface area contributed by atoms with Crippen LogP contribution in [0.4, 0.5) is 5.13 Å². The van der Waals surface area contributed by atoms with Crippen LogP contribution >= 0.6 is 23.1 Å². The number of aromatic nitrogens is 2. The molecule has 1 aliphatic heterocycles. The summed E-state index contributed by atoms with van der Waals surface area (Å²) in [7, 11) is 3.00. The second-order valence-electron chi connectivity index (χ2n) is 11.9. The lowest BCUT2D eigenvalue weighted by molar-refractivity contribution is -0.132. The highest BCUT2D eigenvalue weighted by Crippen LogP contribution is 2.45. The fourth-order valence-electron chi connectivity index (χ4n) is 5.57. The van der Waals surface area contributed by atoms with Crippen molar-refractivity contribution in [1.29, 1.82) is 0 Å². The van der Waals surface area contributed by atoms with E-state index in [4.69, 9.17) is 9.47 Å². The molecule has 6 rings (SSSR count). The van der Waals surface area contributed by atoms with Crippen LogP contribution in [0.25, 0.3) is 16.5 Å². The summed E-state index contributed by atoms with van der Waals surface area (Å²) in [5.74, 6) is -0.404. The minimum atomic E-state index is -0.925. The first-order valence-corrected chi connectivity index (χ1v) is 16.5. The van der Waals surface area contributed by atoms with Crippen molar-refractivity contribution in [2.45, 2.75) is 42.3 Å². The van der Waals surface area contributed by atoms with Crippen LogP contribution in [0.5, 0.6) is 11.5 Å². The highest BCUT2D eigenvalue weighted by atomic mass is 32.2. The zero-order chi connectivity index (χ0) is 32.6. The van der Waals surface area contributed by atoms with E-state index >= 15 is 0 Å². The molecule has 234 valence electrons. The summed E-state index contributed by atoms with van der Waals surface area (Å²) in [5.41, 5.74) is 3.09. The van der Waals surface area contributed by atoms with E-state index in [2.05, 4.69) is 55.2 Å². The summed E-state index contributed by atoms with van der Waals surface area (Å²) < 4.78 is 11.4. The maximum Gasteiger partial charge on any atom is 0.301 e. The number of ketones is 1. The fourth-order valence-corrected chi connectivity index (χ4v) is 7.44. The molecule has 8 nitrogen and oxygen atoms in total. The predicted octanol–water partition coefficient (Wildman–Crippen LogP) is 7.92. The van der Waals surface area contributed by atoms with E-state index in [-0.39, 0.29) is 21.9 Å². The molecule has 0 bridgehead atoms. The third kappa shape index (κ3) is 5.86. The third-order valence-corrected chi connectivity index (χ3v) is 10.1. The van der Waals surface area contributed by atoms with Crippen LogP contribution < -0.4 is 14.4 Å². The first-order chi connectivity index (χ1) is 22.1. The lowest BCUT2D eigenvalue weighted by Crippen LogP contribution is -2.29. The van der Waals surface area contributed by atoms with Gasteiger partial charge in [-0.05, 0) is 51.1 Å². The molecule has 1 unspecified atom stereocenters. The van der Waals surface area contributed by atoms with E-state index in [9.17, 15) is 14.7 Å². The number of carbonyl (C=O) groups is 2. The largest absolute Gasteiger partial charge is 0.507 e. The number of hydrogen-bond donors (Lipinski definition) is 1. The Morgan fingerprint density at radius 2 is 1.63 bits per heavy atom. The molecule has 1 aromatic heterocycles. The van der Waals surface area contributed by atoms with Gasteiger partial charge in [-0.2, -0.15) is 0 Å². The van der Waals surface area contributed by atoms with Gasteiger partial charge in [-0.3, -0.25) is 14.5 Å². The average molecular weight is 652 g/mol. The molecule has 0 aliphatic carbocycles. The van der Waals surface area contributed by atoms with Crippen molar-refractivity contribution in [3.63, 3.8) is 0 Å². The molecule has 2 heterocycles. The number of aliphatic hydroxyl groups excluding tert-OH is 1. The average Bonchev–Trinajstić information content (AvgIpc) is 3.64. The van der Waals surface area contributed by atoms with Gasteiger partial charge in [0.25, 0.3) is 5.78 Å². The minimum Gasteiger partial charge on any atom is -0.507 e. The van der Waals surface area contributed by atoms with Crippen LogP contribution in [-0.2, 0) is 20.8 Å². The smallest absolute Gasteiger partial charge is 0.301 e. The number of rotatable bonds is 8. The summed E-state index contributed by atoms with van der Waals surface area (Å²) in [6.45, 7) is 6.34. The zero-order valence-corrected chi connectivity index (χ0v) is 27.7. The Bertz CT molecular complexity index is 1970. The van der Waals surface area contributed by atoms with Crippen LogP contribution in [0, 0.1) is 0 Å². The number of nitrogens with zero attached hydrogens (tertiary/aromatic N) is 3. The molecule has 0 saturated carbocycles. The molecule has 5 aromatic rings. The van der Waals surface area contributed by atoms with Gasteiger partial charge >= 0.3 is 5.91 Å². The van der Waals surface area contributed by atoms with Gasteiger partial charge in [0.2, 0.25) is 5.13 Å². The molecular weight excluding hydrogens is 619 g/mol. The number of thioether (sulfide) groups is 1. The van der Waals surface area contributed by atoms with Crippen molar-refractivity contribution in [3.05, 3.63) is 113 Å². The molecule has 1 atom stereocenters. The monoisotopic (exact) mass is 651 g/mol. The van der Waals surface area contributed by atoms with Crippen LogP contribution in [0.2, 0.25) is 0 Å². The second kappa shape index (κ2) is 12.6. The van der Waals surface area contributed by atoms with E-state index in [1.54, 1.807) is 18.2 Å². The van der Waals surface area contributed by atoms with E-state index < -0.39 is 17.7 Å². The minimum absolute atomic E-state index is 0.0408. The van der Waals surface area contributed by atoms with Gasteiger partial charge in [0.15, 0.2) is 15.8 Å². The lowest BCUT2D eigenvalue weighted by Gasteiger charge is -2.24. The van der Waals surface area contributed by atoms with Crippen LogP contribution in [0.1, 0.15) is 49.1 Å². The Hall–Kier alpha value is -4.67. The fraction of sp³-hybridized carbons (Fsp3) is 0.222. The SMILES string of the molecule is COc1ccc(/C(O)=C2/C(=O)C(=O)N(c3nnc(SCc4cccc5ccccc45)s3)C2c2ccc(C(C)(C)C)cc2)cc1OC. The maximum absolute atomic E-state index is 13.7. The predicted molar refractivity (Wildman–Crippen MR) is 183 cm³/mol. The Morgan fingerprint density at radius 1 is 0.913 bits per heavy atom. The normalized spacial score (nSPS) is 16.3. The number of aliphatic hydroxyl groups is 1. The van der Waals surface area contributed by atoms with Gasteiger partial charge in [0, 0.05) is 11.3 Å². The molecule has 46 heavy (non-hydrogen) atoms. The van der Waals surface area contributed by atoms with E-state index in [0.717, 1.165) is 16.5 Å². The molecule has 10 heteroatoms. The molecular formula is C36H33N3O5S2. The van der Waals surface area contributed by atoms with Gasteiger partial charge in [0.05, 0.1) is 25.8 Å². The quantitative estimate of drug-likeness (QED) is 0.0594. The number of hydrogen-bond acceptors (Lipinski definition) is 9. The first kappa shape index (κ1) is 31.3. The van der Waals surface area contributed by atoms with E-state index in [1.807, 2.05) is 42.5 Å². The topological polar surface area (TPSA) is 102 Å². The highest BCUT2D eigenvalue weighted by molar-refractivity contribution is 8.00. The summed E-state index contributed by atoms with van der Waals surface area (Å²) >= 11 is 2.76. The molecule has 1 aliphatic rings. The molecule has 0 radical (unpaired) electrons. The Morgan fingerprint density at radius 3 is 2.35 bits per heavy atom. The summed E-state index contributed by atoms with van der Waals surface area (Å²) in [4.78, 5) is 28.8. The summed E-state index contributed by atoms with van der Waals surface area (Å²) in [6, 6.07) is 26.1. The number of carbonyl (C=O) groups excluding carboxylic acids is 2. The number of methoxy groups -OCH3 is 2. The number of amides is 1. The van der Waals surface area contributed by atoms with Crippen molar-refractivity contribution >= 4 is 56.5 Å². The number of anilines is 1. The standard InChI is InChI=1S/C36H33N3O5S2/c1-36(2,3)25-16-13-22(14-17-25)30-29(31(40)23-15-18-27(43-4)28(19-23)44-5)32(41)33(42)39(30)34-37-38-35(46-34)45-20-24-11-8-10-21-9-6-7-12-26(21)24/h6-19,30,40H,20H2,1-5H3/b31-29-. The number of benzene rings is 4. The van der Waals surface area contributed by atoms with Gasteiger partial charge in [-0.15, -0.1) is 10.2 Å². The van der Waals surface area contributed by atoms with Gasteiger partial charge in [-0.25, -0.2) is 0 Å². The third-order valence-electron chi connectivity index (χ3n) is 8.03. The number of fused-ring (bicyclic) bond motifs is 1. The van der Waals surface area contributed by atoms with Crippen molar-refractivity contribution in [2.75, 3.05) is 19.1 Å². The van der Waals surface area contributed by atoms with Crippen molar-refractivity contribution in [2.24, 2.45) is 0 Å².